The van der Waals surface area contributed by atoms with Crippen LogP contribution in [0.2, 0.25) is 0 Å². The number of ether oxygens (including phenoxy) is 1. The Balaban J connectivity index is 1.77. The number of thiazole rings is 1. The summed E-state index contributed by atoms with van der Waals surface area (Å²) in [5.74, 6) is 1.50. The van der Waals surface area contributed by atoms with Crippen molar-refractivity contribution in [2.45, 2.75) is 33.2 Å². The molecule has 0 aliphatic rings. The van der Waals surface area contributed by atoms with Gasteiger partial charge in [-0.1, -0.05) is 26.0 Å². The SMILES string of the molecule is CC(C)COc1ccc(C(C)NCCc2cscn2)cc1. The van der Waals surface area contributed by atoms with Crippen molar-refractivity contribution in [1.82, 2.24) is 10.3 Å². The summed E-state index contributed by atoms with van der Waals surface area (Å²) in [5.41, 5.74) is 4.33. The van der Waals surface area contributed by atoms with Gasteiger partial charge < -0.3 is 10.1 Å². The number of hydrogen-bond donors (Lipinski definition) is 1. The summed E-state index contributed by atoms with van der Waals surface area (Å²) in [4.78, 5) is 4.29. The normalized spacial score (nSPS) is 12.6. The van der Waals surface area contributed by atoms with E-state index in [-0.39, 0.29) is 0 Å². The van der Waals surface area contributed by atoms with Gasteiger partial charge in [0.05, 0.1) is 17.8 Å². The molecule has 3 nitrogen and oxygen atoms in total. The van der Waals surface area contributed by atoms with Crippen LogP contribution >= 0.6 is 11.3 Å². The summed E-state index contributed by atoms with van der Waals surface area (Å²) in [7, 11) is 0. The molecule has 21 heavy (non-hydrogen) atoms. The Morgan fingerprint density at radius 1 is 1.19 bits per heavy atom. The van der Waals surface area contributed by atoms with Crippen LogP contribution < -0.4 is 10.1 Å². The van der Waals surface area contributed by atoms with Gasteiger partial charge in [0.1, 0.15) is 5.75 Å². The van der Waals surface area contributed by atoms with Crippen LogP contribution in [0.1, 0.15) is 38.1 Å². The highest BCUT2D eigenvalue weighted by atomic mass is 32.1. The molecule has 0 radical (unpaired) electrons. The zero-order valence-corrected chi connectivity index (χ0v) is 13.8. The van der Waals surface area contributed by atoms with E-state index in [2.05, 4.69) is 60.7 Å². The molecular weight excluding hydrogens is 280 g/mol. The fourth-order valence-corrected chi connectivity index (χ4v) is 2.60. The minimum atomic E-state index is 0.336. The molecule has 0 aliphatic carbocycles. The summed E-state index contributed by atoms with van der Waals surface area (Å²) < 4.78 is 5.70. The smallest absolute Gasteiger partial charge is 0.119 e. The molecular formula is C17H24N2OS. The van der Waals surface area contributed by atoms with Crippen LogP contribution in [0.15, 0.2) is 35.2 Å². The first-order valence-electron chi connectivity index (χ1n) is 7.48. The fourth-order valence-electron chi connectivity index (χ4n) is 2.01. The van der Waals surface area contributed by atoms with E-state index in [0.29, 0.717) is 12.0 Å². The summed E-state index contributed by atoms with van der Waals surface area (Å²) in [6.45, 7) is 8.20. The van der Waals surface area contributed by atoms with Gasteiger partial charge in [-0.25, -0.2) is 4.98 Å². The monoisotopic (exact) mass is 304 g/mol. The lowest BCUT2D eigenvalue weighted by Gasteiger charge is -2.15. The number of hydrogen-bond acceptors (Lipinski definition) is 4. The van der Waals surface area contributed by atoms with Crippen molar-refractivity contribution in [3.05, 3.63) is 46.4 Å². The van der Waals surface area contributed by atoms with Crippen LogP contribution in [0.25, 0.3) is 0 Å². The van der Waals surface area contributed by atoms with Gasteiger partial charge in [0.25, 0.3) is 0 Å². The molecule has 0 bridgehead atoms. The molecule has 1 aromatic carbocycles. The lowest BCUT2D eigenvalue weighted by atomic mass is 10.1. The van der Waals surface area contributed by atoms with Gasteiger partial charge in [0, 0.05) is 24.4 Å². The third-order valence-corrected chi connectivity index (χ3v) is 3.91. The Morgan fingerprint density at radius 3 is 2.57 bits per heavy atom. The fraction of sp³-hybridized carbons (Fsp3) is 0.471. The van der Waals surface area contributed by atoms with Crippen molar-refractivity contribution in [1.29, 1.82) is 0 Å². The molecule has 0 aliphatic heterocycles. The molecule has 2 aromatic rings. The second-order valence-electron chi connectivity index (χ2n) is 5.68. The predicted octanol–water partition coefficient (Wildman–Crippen LogP) is 4.07. The molecule has 0 saturated carbocycles. The maximum atomic E-state index is 5.70. The molecule has 2 rings (SSSR count). The van der Waals surface area contributed by atoms with Crippen molar-refractivity contribution >= 4 is 11.3 Å². The van der Waals surface area contributed by atoms with Gasteiger partial charge in [-0.05, 0) is 30.5 Å². The van der Waals surface area contributed by atoms with Gasteiger partial charge in [-0.2, -0.15) is 0 Å². The molecule has 1 heterocycles. The molecule has 1 unspecified atom stereocenters. The van der Waals surface area contributed by atoms with E-state index >= 15 is 0 Å². The standard InChI is InChI=1S/C17H24N2OS/c1-13(2)10-20-17-6-4-15(5-7-17)14(3)18-9-8-16-11-21-12-19-16/h4-7,11-14,18H,8-10H2,1-3H3. The Morgan fingerprint density at radius 2 is 1.95 bits per heavy atom. The summed E-state index contributed by atoms with van der Waals surface area (Å²) in [6.07, 6.45) is 0.976. The highest BCUT2D eigenvalue weighted by Crippen LogP contribution is 2.18. The van der Waals surface area contributed by atoms with E-state index in [1.165, 1.54) is 5.56 Å². The molecule has 0 spiro atoms. The number of aromatic nitrogens is 1. The summed E-state index contributed by atoms with van der Waals surface area (Å²) in [6, 6.07) is 8.71. The van der Waals surface area contributed by atoms with Gasteiger partial charge in [-0.15, -0.1) is 11.3 Å². The Labute approximate surface area is 131 Å². The minimum absolute atomic E-state index is 0.336. The molecule has 0 fully saturated rings. The Hall–Kier alpha value is -1.39. The second kappa shape index (κ2) is 8.15. The van der Waals surface area contributed by atoms with E-state index < -0.39 is 0 Å². The second-order valence-corrected chi connectivity index (χ2v) is 6.40. The van der Waals surface area contributed by atoms with Crippen molar-refractivity contribution in [2.75, 3.05) is 13.2 Å². The first kappa shape index (κ1) is 16.0. The lowest BCUT2D eigenvalue weighted by Crippen LogP contribution is -2.21. The van der Waals surface area contributed by atoms with E-state index in [4.69, 9.17) is 4.74 Å². The highest BCUT2D eigenvalue weighted by Gasteiger charge is 2.05. The zero-order valence-electron chi connectivity index (χ0n) is 13.0. The topological polar surface area (TPSA) is 34.1 Å². The number of nitrogens with zero attached hydrogens (tertiary/aromatic N) is 1. The predicted molar refractivity (Wildman–Crippen MR) is 89.0 cm³/mol. The lowest BCUT2D eigenvalue weighted by molar-refractivity contribution is 0.271. The molecule has 4 heteroatoms. The van der Waals surface area contributed by atoms with Crippen molar-refractivity contribution in [2.24, 2.45) is 5.92 Å². The average molecular weight is 304 g/mol. The van der Waals surface area contributed by atoms with Gasteiger partial charge in [-0.3, -0.25) is 0 Å². The van der Waals surface area contributed by atoms with Crippen molar-refractivity contribution in [3.8, 4) is 5.75 Å². The van der Waals surface area contributed by atoms with Crippen LogP contribution in [0.3, 0.4) is 0 Å². The van der Waals surface area contributed by atoms with Crippen molar-refractivity contribution in [3.63, 3.8) is 0 Å². The van der Waals surface area contributed by atoms with Gasteiger partial charge in [0.2, 0.25) is 0 Å². The minimum Gasteiger partial charge on any atom is -0.493 e. The van der Waals surface area contributed by atoms with Crippen LogP contribution in [0.4, 0.5) is 0 Å². The van der Waals surface area contributed by atoms with Crippen LogP contribution in [0, 0.1) is 5.92 Å². The van der Waals surface area contributed by atoms with Crippen LogP contribution in [0.5, 0.6) is 5.75 Å². The van der Waals surface area contributed by atoms with E-state index in [0.717, 1.165) is 31.0 Å². The molecule has 114 valence electrons. The summed E-state index contributed by atoms with van der Waals surface area (Å²) >= 11 is 1.65. The molecule has 1 aromatic heterocycles. The number of rotatable bonds is 8. The van der Waals surface area contributed by atoms with Crippen LogP contribution in [-0.4, -0.2) is 18.1 Å². The van der Waals surface area contributed by atoms with E-state index in [1.54, 1.807) is 11.3 Å². The van der Waals surface area contributed by atoms with Crippen LogP contribution in [-0.2, 0) is 6.42 Å². The quantitative estimate of drug-likeness (QED) is 0.798. The first-order chi connectivity index (χ1) is 10.1. The third-order valence-electron chi connectivity index (χ3n) is 3.28. The van der Waals surface area contributed by atoms with E-state index in [9.17, 15) is 0 Å². The zero-order chi connectivity index (χ0) is 15.1. The highest BCUT2D eigenvalue weighted by molar-refractivity contribution is 7.07. The molecule has 0 saturated heterocycles. The summed E-state index contributed by atoms with van der Waals surface area (Å²) in [5, 5.41) is 5.64. The Kier molecular flexibility index (Phi) is 6.21. The molecule has 1 N–H and O–H groups in total. The molecule has 0 amide bonds. The maximum absolute atomic E-state index is 5.70. The van der Waals surface area contributed by atoms with Gasteiger partial charge >= 0.3 is 0 Å². The van der Waals surface area contributed by atoms with Crippen molar-refractivity contribution < 1.29 is 4.74 Å². The Bertz CT molecular complexity index is 508. The van der Waals surface area contributed by atoms with Gasteiger partial charge in [0.15, 0.2) is 0 Å². The number of benzene rings is 1. The molecule has 1 atom stereocenters. The largest absolute Gasteiger partial charge is 0.493 e. The van der Waals surface area contributed by atoms with E-state index in [1.807, 2.05) is 5.51 Å². The first-order valence-corrected chi connectivity index (χ1v) is 8.42. The average Bonchev–Trinajstić information content (AvgIpc) is 2.99. The third kappa shape index (κ3) is 5.48. The number of nitrogens with one attached hydrogen (secondary N) is 1. The maximum Gasteiger partial charge on any atom is 0.119 e.